The number of hydrogen-bond acceptors (Lipinski definition) is 3. The van der Waals surface area contributed by atoms with E-state index in [0.29, 0.717) is 6.04 Å². The summed E-state index contributed by atoms with van der Waals surface area (Å²) in [7, 11) is 0. The number of rotatable bonds is 2. The van der Waals surface area contributed by atoms with Gasteiger partial charge in [0.1, 0.15) is 0 Å². The van der Waals surface area contributed by atoms with Gasteiger partial charge in [-0.2, -0.15) is 0 Å². The normalized spacial score (nSPS) is 23.6. The Labute approximate surface area is 85.1 Å². The van der Waals surface area contributed by atoms with Crippen LogP contribution in [0.3, 0.4) is 0 Å². The van der Waals surface area contributed by atoms with Crippen LogP contribution in [0.4, 0.5) is 0 Å². The quantitative estimate of drug-likeness (QED) is 0.752. The van der Waals surface area contributed by atoms with Crippen LogP contribution in [-0.2, 0) is 6.54 Å². The van der Waals surface area contributed by atoms with E-state index in [4.69, 9.17) is 0 Å². The second-order valence-electron chi connectivity index (χ2n) is 3.88. The van der Waals surface area contributed by atoms with E-state index in [2.05, 4.69) is 28.2 Å². The maximum Gasteiger partial charge on any atom is 0.0312 e. The van der Waals surface area contributed by atoms with E-state index in [1.54, 1.807) is 0 Å². The van der Waals surface area contributed by atoms with Crippen LogP contribution in [0.25, 0.3) is 0 Å². The lowest BCUT2D eigenvalue weighted by atomic mass is 10.2. The molecular weight excluding hydrogens is 174 g/mol. The van der Waals surface area contributed by atoms with E-state index in [9.17, 15) is 0 Å². The predicted molar refractivity (Wildman–Crippen MR) is 57.0 cm³/mol. The third-order valence-corrected chi connectivity index (χ3v) is 2.75. The summed E-state index contributed by atoms with van der Waals surface area (Å²) < 4.78 is 0. The van der Waals surface area contributed by atoms with Crippen LogP contribution in [0.2, 0.25) is 0 Å². The lowest BCUT2D eigenvalue weighted by molar-refractivity contribution is 0.165. The fourth-order valence-electron chi connectivity index (χ4n) is 1.84. The highest BCUT2D eigenvalue weighted by atomic mass is 15.2. The topological polar surface area (TPSA) is 28.2 Å². The minimum Gasteiger partial charge on any atom is -0.314 e. The molecule has 14 heavy (non-hydrogen) atoms. The van der Waals surface area contributed by atoms with Crippen LogP contribution in [0.5, 0.6) is 0 Å². The van der Waals surface area contributed by atoms with Gasteiger partial charge in [-0.3, -0.25) is 9.88 Å². The van der Waals surface area contributed by atoms with Crippen molar-refractivity contribution in [1.82, 2.24) is 15.2 Å². The van der Waals surface area contributed by atoms with Crippen molar-refractivity contribution in [2.75, 3.05) is 19.6 Å². The lowest BCUT2D eigenvalue weighted by Crippen LogP contribution is -2.49. The average molecular weight is 191 g/mol. The zero-order valence-electron chi connectivity index (χ0n) is 8.61. The van der Waals surface area contributed by atoms with Crippen molar-refractivity contribution >= 4 is 0 Å². The maximum atomic E-state index is 4.13. The van der Waals surface area contributed by atoms with Crippen molar-refractivity contribution < 1.29 is 0 Å². The van der Waals surface area contributed by atoms with E-state index in [1.165, 1.54) is 5.56 Å². The molecule has 2 rings (SSSR count). The Kier molecular flexibility index (Phi) is 3.11. The standard InChI is InChI=1S/C11H17N3/c1-10-7-13-5-6-14(10)9-11-3-2-4-12-8-11/h2-4,8,10,13H,5-7,9H2,1H3/t10-/m0/s1. The highest BCUT2D eigenvalue weighted by molar-refractivity contribution is 5.08. The minimum atomic E-state index is 0.629. The van der Waals surface area contributed by atoms with Gasteiger partial charge in [0, 0.05) is 44.6 Å². The number of pyridine rings is 1. The molecule has 0 radical (unpaired) electrons. The second-order valence-corrected chi connectivity index (χ2v) is 3.88. The molecule has 1 fully saturated rings. The van der Waals surface area contributed by atoms with Crippen LogP contribution < -0.4 is 5.32 Å². The van der Waals surface area contributed by atoms with Gasteiger partial charge >= 0.3 is 0 Å². The van der Waals surface area contributed by atoms with Crippen molar-refractivity contribution in [2.45, 2.75) is 19.5 Å². The third kappa shape index (κ3) is 2.30. The van der Waals surface area contributed by atoms with Gasteiger partial charge in [-0.25, -0.2) is 0 Å². The summed E-state index contributed by atoms with van der Waals surface area (Å²) in [5, 5.41) is 3.39. The van der Waals surface area contributed by atoms with Gasteiger partial charge in [0.05, 0.1) is 0 Å². The number of hydrogen-bond donors (Lipinski definition) is 1. The molecule has 76 valence electrons. The first-order valence-corrected chi connectivity index (χ1v) is 5.20. The Morgan fingerprint density at radius 2 is 2.57 bits per heavy atom. The summed E-state index contributed by atoms with van der Waals surface area (Å²) in [5.74, 6) is 0. The summed E-state index contributed by atoms with van der Waals surface area (Å²) in [6.45, 7) is 6.63. The Balaban J connectivity index is 1.96. The largest absolute Gasteiger partial charge is 0.314 e. The molecule has 1 aromatic heterocycles. The highest BCUT2D eigenvalue weighted by Gasteiger charge is 2.17. The van der Waals surface area contributed by atoms with Gasteiger partial charge in [0.25, 0.3) is 0 Å². The van der Waals surface area contributed by atoms with Crippen molar-refractivity contribution in [3.63, 3.8) is 0 Å². The summed E-state index contributed by atoms with van der Waals surface area (Å²) in [4.78, 5) is 6.63. The molecule has 1 aliphatic rings. The first kappa shape index (κ1) is 9.62. The number of piperazine rings is 1. The molecule has 0 aliphatic carbocycles. The zero-order valence-corrected chi connectivity index (χ0v) is 8.61. The molecule has 0 amide bonds. The molecule has 0 spiro atoms. The molecule has 1 atom stereocenters. The summed E-state index contributed by atoms with van der Waals surface area (Å²) in [5.41, 5.74) is 1.31. The second kappa shape index (κ2) is 4.53. The Morgan fingerprint density at radius 3 is 3.29 bits per heavy atom. The van der Waals surface area contributed by atoms with Crippen molar-refractivity contribution in [3.8, 4) is 0 Å². The van der Waals surface area contributed by atoms with Gasteiger partial charge in [-0.05, 0) is 18.6 Å². The third-order valence-electron chi connectivity index (χ3n) is 2.75. The van der Waals surface area contributed by atoms with Crippen molar-refractivity contribution in [2.24, 2.45) is 0 Å². The number of aromatic nitrogens is 1. The van der Waals surface area contributed by atoms with Crippen LogP contribution in [0, 0.1) is 0 Å². The fourth-order valence-corrected chi connectivity index (χ4v) is 1.84. The lowest BCUT2D eigenvalue weighted by Gasteiger charge is -2.33. The van der Waals surface area contributed by atoms with E-state index in [-0.39, 0.29) is 0 Å². The molecule has 0 saturated carbocycles. The van der Waals surface area contributed by atoms with E-state index in [1.807, 2.05) is 18.5 Å². The molecule has 1 N–H and O–H groups in total. The molecule has 0 aromatic carbocycles. The summed E-state index contributed by atoms with van der Waals surface area (Å²) >= 11 is 0. The van der Waals surface area contributed by atoms with Crippen LogP contribution in [0.15, 0.2) is 24.5 Å². The van der Waals surface area contributed by atoms with Crippen LogP contribution in [0.1, 0.15) is 12.5 Å². The van der Waals surface area contributed by atoms with Crippen molar-refractivity contribution in [1.29, 1.82) is 0 Å². The molecule has 3 heteroatoms. The molecule has 1 aliphatic heterocycles. The van der Waals surface area contributed by atoms with Crippen LogP contribution in [-0.4, -0.2) is 35.6 Å². The maximum absolute atomic E-state index is 4.13. The van der Waals surface area contributed by atoms with Crippen LogP contribution >= 0.6 is 0 Å². The molecule has 2 heterocycles. The Bertz CT molecular complexity index is 273. The minimum absolute atomic E-state index is 0.629. The van der Waals surface area contributed by atoms with Gasteiger partial charge in [-0.1, -0.05) is 6.07 Å². The molecule has 0 bridgehead atoms. The molecule has 3 nitrogen and oxygen atoms in total. The Hall–Kier alpha value is -0.930. The monoisotopic (exact) mass is 191 g/mol. The van der Waals surface area contributed by atoms with Crippen molar-refractivity contribution in [3.05, 3.63) is 30.1 Å². The molecule has 1 aromatic rings. The first-order chi connectivity index (χ1) is 6.86. The summed E-state index contributed by atoms with van der Waals surface area (Å²) in [6.07, 6.45) is 3.78. The predicted octanol–water partition coefficient (Wildman–Crippen LogP) is 0.875. The smallest absolute Gasteiger partial charge is 0.0312 e. The number of nitrogens with zero attached hydrogens (tertiary/aromatic N) is 2. The van der Waals surface area contributed by atoms with E-state index in [0.717, 1.165) is 26.2 Å². The first-order valence-electron chi connectivity index (χ1n) is 5.20. The van der Waals surface area contributed by atoms with Gasteiger partial charge in [-0.15, -0.1) is 0 Å². The molecule has 1 saturated heterocycles. The highest BCUT2D eigenvalue weighted by Crippen LogP contribution is 2.08. The molecular formula is C11H17N3. The van der Waals surface area contributed by atoms with E-state index >= 15 is 0 Å². The Morgan fingerprint density at radius 1 is 1.64 bits per heavy atom. The van der Waals surface area contributed by atoms with E-state index < -0.39 is 0 Å². The van der Waals surface area contributed by atoms with Gasteiger partial charge < -0.3 is 5.32 Å². The van der Waals surface area contributed by atoms with Gasteiger partial charge in [0.15, 0.2) is 0 Å². The molecule has 0 unspecified atom stereocenters. The summed E-state index contributed by atoms with van der Waals surface area (Å²) in [6, 6.07) is 4.77. The fraction of sp³-hybridized carbons (Fsp3) is 0.545. The average Bonchev–Trinajstić information content (AvgIpc) is 2.23. The number of nitrogens with one attached hydrogen (secondary N) is 1. The SMILES string of the molecule is C[C@H]1CNCCN1Cc1cccnc1. The zero-order chi connectivity index (χ0) is 9.80. The van der Waals surface area contributed by atoms with Gasteiger partial charge in [0.2, 0.25) is 0 Å².